The highest BCUT2D eigenvalue weighted by Crippen LogP contribution is 2.62. The van der Waals surface area contributed by atoms with Crippen molar-refractivity contribution in [3.63, 3.8) is 0 Å². The molecule has 0 aromatic heterocycles. The van der Waals surface area contributed by atoms with E-state index in [1.807, 2.05) is 6.07 Å². The van der Waals surface area contributed by atoms with E-state index in [4.69, 9.17) is 40.5 Å². The van der Waals surface area contributed by atoms with Crippen LogP contribution < -0.4 is 9.47 Å². The number of alkyl halides is 1. The zero-order valence-electron chi connectivity index (χ0n) is 37.2. The summed E-state index contributed by atoms with van der Waals surface area (Å²) in [6.45, 7) is 3.79. The number of nitrogens with zero attached hydrogens (tertiary/aromatic N) is 3. The average molecular weight is 944 g/mol. The van der Waals surface area contributed by atoms with E-state index >= 15 is 0 Å². The number of hydrogen-bond acceptors (Lipinski definition) is 11. The summed E-state index contributed by atoms with van der Waals surface area (Å²) in [5.41, 5.74) is 3.59. The van der Waals surface area contributed by atoms with Crippen LogP contribution in [0.3, 0.4) is 0 Å². The van der Waals surface area contributed by atoms with Gasteiger partial charge in [0, 0.05) is 55.4 Å². The molecule has 67 heavy (non-hydrogen) atoms. The fraction of sp³-hybridized carbons (Fsp3) is 0.412. The molecule has 0 radical (unpaired) electrons. The standard InChI is InChI=1S/C51H56ClF2N3O10/c1-2-26-65-51-47(56(50(60)63-27-23-52)31-34-13-17-38(53)18-14-34)30-45(55-66-32-35-15-19-39(20-16-35)57(61)62)42-28-36(9-5-7-24-58)41(11-6-8-25-59)48(49(42)51)43-29-40(21-22-46(43)67-51)64-33-37-10-3-4-12-44(37)54/h2-4,10,12-22,28-29,36,41,47-49,58-59H,1,5-9,11,23-27,30-33H2/t36-,41+,47-,48+,49+,51+/m0/s1. The fourth-order valence-electron chi connectivity index (χ4n) is 9.71. The van der Waals surface area contributed by atoms with Gasteiger partial charge in [-0.3, -0.25) is 15.0 Å². The molecule has 1 heterocycles. The highest BCUT2D eigenvalue weighted by Gasteiger charge is 2.65. The maximum absolute atomic E-state index is 14.8. The van der Waals surface area contributed by atoms with E-state index in [1.54, 1.807) is 60.7 Å². The Bertz CT molecular complexity index is 2390. The Balaban J connectivity index is 1.43. The first-order valence-electron chi connectivity index (χ1n) is 22.6. The van der Waals surface area contributed by atoms with Crippen LogP contribution in [0, 0.1) is 39.5 Å². The van der Waals surface area contributed by atoms with Gasteiger partial charge in [-0.05, 0) is 103 Å². The number of fused-ring (bicyclic) bond motifs is 2. The van der Waals surface area contributed by atoms with Crippen molar-refractivity contribution in [2.24, 2.45) is 22.9 Å². The number of aliphatic hydroxyl groups excluding tert-OH is 2. The summed E-state index contributed by atoms with van der Waals surface area (Å²) in [6, 6.07) is 22.7. The number of allylic oxidation sites excluding steroid dienone is 1. The average Bonchev–Trinajstić information content (AvgIpc) is 3.33. The summed E-state index contributed by atoms with van der Waals surface area (Å²) in [5.74, 6) is -2.79. The minimum Gasteiger partial charge on any atom is -0.489 e. The Kier molecular flexibility index (Phi) is 17.0. The van der Waals surface area contributed by atoms with Crippen molar-refractivity contribution < 1.29 is 52.5 Å². The van der Waals surface area contributed by atoms with Gasteiger partial charge in [-0.2, -0.15) is 0 Å². The molecule has 0 bridgehead atoms. The molecule has 6 atom stereocenters. The molecule has 16 heteroatoms. The third kappa shape index (κ3) is 11.5. The zero-order chi connectivity index (χ0) is 47.3. The number of oxime groups is 1. The van der Waals surface area contributed by atoms with Crippen LogP contribution in [-0.2, 0) is 34.1 Å². The van der Waals surface area contributed by atoms with Gasteiger partial charge in [0.15, 0.2) is 0 Å². The number of benzene rings is 4. The molecule has 2 aliphatic carbocycles. The number of hydrogen-bond donors (Lipinski definition) is 2. The molecule has 1 aliphatic heterocycles. The zero-order valence-corrected chi connectivity index (χ0v) is 37.9. The highest BCUT2D eigenvalue weighted by molar-refractivity contribution is 6.18. The minimum absolute atomic E-state index is 0.00490. The Morgan fingerprint density at radius 1 is 0.970 bits per heavy atom. The van der Waals surface area contributed by atoms with Crippen LogP contribution in [0.15, 0.2) is 120 Å². The van der Waals surface area contributed by atoms with Crippen LogP contribution in [0.5, 0.6) is 11.5 Å². The van der Waals surface area contributed by atoms with Gasteiger partial charge in [0.2, 0.25) is 5.79 Å². The molecular formula is C51H56ClF2N3O10. The van der Waals surface area contributed by atoms with Crippen molar-refractivity contribution in [1.82, 2.24) is 4.90 Å². The Labute approximate surface area is 393 Å². The monoisotopic (exact) mass is 943 g/mol. The summed E-state index contributed by atoms with van der Waals surface area (Å²) >= 11 is 6.07. The van der Waals surface area contributed by atoms with Crippen LogP contribution in [0.2, 0.25) is 0 Å². The second-order valence-corrected chi connectivity index (χ2v) is 17.3. The molecule has 1 fully saturated rings. The maximum Gasteiger partial charge on any atom is 0.410 e. The lowest BCUT2D eigenvalue weighted by Gasteiger charge is -2.59. The molecule has 0 spiro atoms. The number of nitro groups is 1. The van der Waals surface area contributed by atoms with E-state index in [1.165, 1.54) is 35.2 Å². The number of carbonyl (C=O) groups is 1. The van der Waals surface area contributed by atoms with E-state index in [9.17, 15) is 33.9 Å². The van der Waals surface area contributed by atoms with Crippen LogP contribution in [0.1, 0.15) is 73.1 Å². The quantitative estimate of drug-likeness (QED) is 0.0241. The lowest BCUT2D eigenvalue weighted by molar-refractivity contribution is -0.384. The third-order valence-electron chi connectivity index (χ3n) is 12.7. The van der Waals surface area contributed by atoms with Gasteiger partial charge < -0.3 is 34.0 Å². The summed E-state index contributed by atoms with van der Waals surface area (Å²) in [7, 11) is 0. The predicted octanol–water partition coefficient (Wildman–Crippen LogP) is 10.2. The molecule has 1 saturated carbocycles. The molecule has 4 aromatic carbocycles. The van der Waals surface area contributed by atoms with Gasteiger partial charge in [-0.25, -0.2) is 13.6 Å². The molecule has 1 amide bonds. The Hall–Kier alpha value is -5.87. The molecule has 2 N–H and O–H groups in total. The van der Waals surface area contributed by atoms with Crippen LogP contribution in [-0.4, -0.2) is 76.0 Å². The van der Waals surface area contributed by atoms with Crippen molar-refractivity contribution in [3.05, 3.63) is 159 Å². The van der Waals surface area contributed by atoms with Crippen LogP contribution in [0.4, 0.5) is 19.3 Å². The SMILES string of the molecule is C=CCO[C@@]12Oc3ccc(OCc4ccccc4F)cc3[C@H]3[C@H](CCCCO)[C@@H](CCCCO)C=C(C(=NOCc4ccc([N+](=O)[O-])cc4)C[C@@H]1N(Cc1ccc(F)cc1)C(=O)OCCCl)[C@H]32. The minimum atomic E-state index is -1.64. The van der Waals surface area contributed by atoms with E-state index in [2.05, 4.69) is 12.7 Å². The highest BCUT2D eigenvalue weighted by atomic mass is 35.5. The van der Waals surface area contributed by atoms with Gasteiger partial charge >= 0.3 is 6.09 Å². The number of aliphatic hydroxyl groups is 2. The molecule has 4 aromatic rings. The van der Waals surface area contributed by atoms with E-state index in [-0.39, 0.29) is 76.0 Å². The smallest absolute Gasteiger partial charge is 0.410 e. The maximum atomic E-state index is 14.8. The second-order valence-electron chi connectivity index (χ2n) is 16.9. The number of unbranched alkanes of at least 4 members (excludes halogenated alkanes) is 2. The van der Waals surface area contributed by atoms with Gasteiger partial charge in [0.25, 0.3) is 5.69 Å². The van der Waals surface area contributed by atoms with Crippen molar-refractivity contribution in [1.29, 1.82) is 0 Å². The first-order valence-corrected chi connectivity index (χ1v) is 23.2. The largest absolute Gasteiger partial charge is 0.489 e. The topological polar surface area (TPSA) is 162 Å². The second kappa shape index (κ2) is 23.2. The molecular weight excluding hydrogens is 888 g/mol. The number of non-ortho nitro benzene ring substituents is 1. The number of amides is 1. The summed E-state index contributed by atoms with van der Waals surface area (Å²) in [6.07, 6.45) is 7.04. The van der Waals surface area contributed by atoms with Crippen molar-refractivity contribution >= 4 is 29.1 Å². The van der Waals surface area contributed by atoms with Crippen molar-refractivity contribution in [2.45, 2.75) is 82.5 Å². The van der Waals surface area contributed by atoms with Gasteiger partial charge in [-0.1, -0.05) is 60.5 Å². The van der Waals surface area contributed by atoms with E-state index in [0.29, 0.717) is 66.0 Å². The predicted molar refractivity (Wildman–Crippen MR) is 248 cm³/mol. The number of ether oxygens (including phenoxy) is 4. The van der Waals surface area contributed by atoms with Gasteiger partial charge in [-0.15, -0.1) is 18.2 Å². The van der Waals surface area contributed by atoms with Crippen molar-refractivity contribution in [2.75, 3.05) is 32.3 Å². The number of carbonyl (C=O) groups excluding carboxylic acids is 1. The van der Waals surface area contributed by atoms with Gasteiger partial charge in [0.1, 0.15) is 49.0 Å². The molecule has 7 rings (SSSR count). The normalized spacial score (nSPS) is 22.1. The Morgan fingerprint density at radius 2 is 1.70 bits per heavy atom. The van der Waals surface area contributed by atoms with E-state index < -0.39 is 46.3 Å². The number of nitro benzene ring substituents is 1. The lowest BCUT2D eigenvalue weighted by atomic mass is 9.55. The molecule has 13 nitrogen and oxygen atoms in total. The summed E-state index contributed by atoms with van der Waals surface area (Å²) < 4.78 is 55.5. The van der Waals surface area contributed by atoms with Gasteiger partial charge in [0.05, 0.1) is 29.0 Å². The molecule has 0 saturated heterocycles. The Morgan fingerprint density at radius 3 is 2.40 bits per heavy atom. The fourth-order valence-corrected chi connectivity index (χ4v) is 9.79. The molecule has 0 unspecified atom stereocenters. The van der Waals surface area contributed by atoms with Crippen molar-refractivity contribution in [3.8, 4) is 11.5 Å². The summed E-state index contributed by atoms with van der Waals surface area (Å²) in [5, 5.41) is 36.1. The third-order valence-corrected chi connectivity index (χ3v) is 12.9. The summed E-state index contributed by atoms with van der Waals surface area (Å²) in [4.78, 5) is 33.1. The molecule has 3 aliphatic rings. The number of rotatable bonds is 23. The first-order chi connectivity index (χ1) is 32.6. The number of halogens is 3. The van der Waals surface area contributed by atoms with Crippen LogP contribution in [0.25, 0.3) is 0 Å². The molecule has 356 valence electrons. The van der Waals surface area contributed by atoms with Crippen LogP contribution >= 0.6 is 11.6 Å². The van der Waals surface area contributed by atoms with E-state index in [0.717, 1.165) is 17.6 Å². The lowest BCUT2D eigenvalue weighted by Crippen LogP contribution is -2.70. The first kappa shape index (κ1) is 49.0.